The van der Waals surface area contributed by atoms with Crippen molar-refractivity contribution in [2.24, 2.45) is 0 Å². The van der Waals surface area contributed by atoms with Gasteiger partial charge in [-0.25, -0.2) is 0 Å². The summed E-state index contributed by atoms with van der Waals surface area (Å²) in [5.41, 5.74) is 0.347. The van der Waals surface area contributed by atoms with E-state index in [4.69, 9.17) is 14.2 Å². The van der Waals surface area contributed by atoms with Gasteiger partial charge in [-0.1, -0.05) is 6.07 Å². The molecule has 0 bridgehead atoms. The first-order valence-electron chi connectivity index (χ1n) is 7.96. The number of hydrogen-bond donors (Lipinski definition) is 2. The van der Waals surface area contributed by atoms with Crippen LogP contribution >= 0.6 is 0 Å². The van der Waals surface area contributed by atoms with E-state index in [-0.39, 0.29) is 0 Å². The number of nitrogens with zero attached hydrogens (tertiary/aromatic N) is 1. The van der Waals surface area contributed by atoms with Crippen molar-refractivity contribution in [2.45, 2.75) is 12.0 Å². The average Bonchev–Trinajstić information content (AvgIpc) is 2.77. The maximum Gasteiger partial charge on any atom is 0.160 e. The lowest BCUT2D eigenvalue weighted by molar-refractivity contribution is -0.0448. The number of methoxy groups -OCH3 is 2. The summed E-state index contributed by atoms with van der Waals surface area (Å²) in [4.78, 5) is 2.13. The highest BCUT2D eigenvalue weighted by Crippen LogP contribution is 2.27. The fraction of sp³-hybridized carbons (Fsp3) is 0.647. The van der Waals surface area contributed by atoms with Crippen molar-refractivity contribution in [3.05, 3.63) is 23.8 Å². The van der Waals surface area contributed by atoms with Gasteiger partial charge in [0.05, 0.1) is 27.4 Å². The van der Waals surface area contributed by atoms with E-state index in [1.54, 1.807) is 14.2 Å². The molecule has 2 rings (SSSR count). The summed E-state index contributed by atoms with van der Waals surface area (Å²) in [6.07, 6.45) is 0.876. The van der Waals surface area contributed by atoms with E-state index in [2.05, 4.69) is 10.2 Å². The second-order valence-corrected chi connectivity index (χ2v) is 6.13. The molecule has 1 aromatic rings. The molecule has 0 unspecified atom stereocenters. The molecule has 0 amide bonds. The molecule has 130 valence electrons. The second-order valence-electron chi connectivity index (χ2n) is 6.13. The predicted molar refractivity (Wildman–Crippen MR) is 89.4 cm³/mol. The van der Waals surface area contributed by atoms with Gasteiger partial charge in [0.15, 0.2) is 11.5 Å². The number of rotatable bonds is 7. The molecule has 0 aromatic heterocycles. The van der Waals surface area contributed by atoms with Crippen LogP contribution in [0.5, 0.6) is 11.5 Å². The van der Waals surface area contributed by atoms with Gasteiger partial charge >= 0.3 is 0 Å². The first-order valence-corrected chi connectivity index (χ1v) is 7.96. The van der Waals surface area contributed by atoms with Gasteiger partial charge in [-0.05, 0) is 31.2 Å². The Bertz CT molecular complexity index is 487. The molecule has 1 aliphatic rings. The standard InChI is InChI=1S/C17H28N2O4/c1-19(12-17(20)11-18-7-9-23-13-17)8-6-14-4-5-15(21-2)16(10-14)22-3/h4-5,10,18,20H,6-9,11-13H2,1-3H3/t17-/m1/s1. The molecular formula is C17H28N2O4. The summed E-state index contributed by atoms with van der Waals surface area (Å²) in [6.45, 7) is 3.80. The van der Waals surface area contributed by atoms with Crippen molar-refractivity contribution < 1.29 is 19.3 Å². The number of likely N-dealkylation sites (N-methyl/N-ethyl adjacent to an activating group) is 1. The highest BCUT2D eigenvalue weighted by molar-refractivity contribution is 5.42. The summed E-state index contributed by atoms with van der Waals surface area (Å²) < 4.78 is 16.0. The molecule has 0 aliphatic carbocycles. The topological polar surface area (TPSA) is 63.2 Å². The lowest BCUT2D eigenvalue weighted by Gasteiger charge is -2.31. The number of aliphatic hydroxyl groups is 1. The van der Waals surface area contributed by atoms with Gasteiger partial charge in [0.2, 0.25) is 0 Å². The average molecular weight is 324 g/mol. The highest BCUT2D eigenvalue weighted by Gasteiger charge is 2.30. The van der Waals surface area contributed by atoms with Crippen LogP contribution in [0.25, 0.3) is 0 Å². The van der Waals surface area contributed by atoms with Gasteiger partial charge in [-0.2, -0.15) is 0 Å². The number of nitrogens with one attached hydrogen (secondary N) is 1. The number of hydrogen-bond acceptors (Lipinski definition) is 6. The van der Waals surface area contributed by atoms with Crippen LogP contribution in [0, 0.1) is 0 Å². The van der Waals surface area contributed by atoms with Gasteiger partial charge in [0.1, 0.15) is 5.60 Å². The van der Waals surface area contributed by atoms with E-state index in [0.717, 1.165) is 31.0 Å². The van der Waals surface area contributed by atoms with E-state index < -0.39 is 5.60 Å². The Balaban J connectivity index is 1.87. The molecule has 1 fully saturated rings. The number of benzene rings is 1. The second kappa shape index (κ2) is 8.49. The van der Waals surface area contributed by atoms with Gasteiger partial charge in [-0.15, -0.1) is 0 Å². The predicted octanol–water partition coefficient (Wildman–Crippen LogP) is 0.529. The van der Waals surface area contributed by atoms with Crippen LogP contribution in [0.3, 0.4) is 0 Å². The van der Waals surface area contributed by atoms with Crippen LogP contribution in [-0.4, -0.2) is 76.3 Å². The Morgan fingerprint density at radius 2 is 2.09 bits per heavy atom. The van der Waals surface area contributed by atoms with Crippen LogP contribution in [-0.2, 0) is 11.2 Å². The first kappa shape index (κ1) is 18.0. The summed E-state index contributed by atoms with van der Waals surface area (Å²) in [7, 11) is 5.29. The Morgan fingerprint density at radius 3 is 2.83 bits per heavy atom. The smallest absolute Gasteiger partial charge is 0.160 e. The van der Waals surface area contributed by atoms with Crippen molar-refractivity contribution in [1.82, 2.24) is 10.2 Å². The lowest BCUT2D eigenvalue weighted by Crippen LogP contribution is -2.50. The fourth-order valence-corrected chi connectivity index (χ4v) is 2.82. The molecule has 0 saturated carbocycles. The zero-order chi connectivity index (χ0) is 16.7. The molecule has 23 heavy (non-hydrogen) atoms. The first-order chi connectivity index (χ1) is 11.1. The van der Waals surface area contributed by atoms with Gasteiger partial charge in [0, 0.05) is 26.2 Å². The van der Waals surface area contributed by atoms with E-state index >= 15 is 0 Å². The molecule has 6 nitrogen and oxygen atoms in total. The summed E-state index contributed by atoms with van der Waals surface area (Å²) in [5, 5.41) is 13.8. The van der Waals surface area contributed by atoms with Gasteiger partial charge < -0.3 is 29.5 Å². The minimum atomic E-state index is -0.831. The lowest BCUT2D eigenvalue weighted by atomic mass is 10.0. The zero-order valence-electron chi connectivity index (χ0n) is 14.3. The van der Waals surface area contributed by atoms with Crippen LogP contribution in [0.2, 0.25) is 0 Å². The molecule has 1 aliphatic heterocycles. The summed E-state index contributed by atoms with van der Waals surface area (Å²) in [5.74, 6) is 1.48. The van der Waals surface area contributed by atoms with Crippen molar-refractivity contribution in [1.29, 1.82) is 0 Å². The molecule has 1 aromatic carbocycles. The van der Waals surface area contributed by atoms with Gasteiger partial charge in [0.25, 0.3) is 0 Å². The van der Waals surface area contributed by atoms with Crippen LogP contribution < -0.4 is 14.8 Å². The summed E-state index contributed by atoms with van der Waals surface area (Å²) in [6, 6.07) is 5.96. The van der Waals surface area contributed by atoms with E-state index in [1.807, 2.05) is 25.2 Å². The minimum Gasteiger partial charge on any atom is -0.493 e. The maximum absolute atomic E-state index is 10.6. The molecule has 1 heterocycles. The molecule has 1 atom stereocenters. The van der Waals surface area contributed by atoms with Crippen LogP contribution in [0.4, 0.5) is 0 Å². The Kier molecular flexibility index (Phi) is 6.65. The summed E-state index contributed by atoms with van der Waals surface area (Å²) >= 11 is 0. The largest absolute Gasteiger partial charge is 0.493 e. The third-order valence-corrected chi connectivity index (χ3v) is 4.04. The van der Waals surface area contributed by atoms with Crippen molar-refractivity contribution in [3.63, 3.8) is 0 Å². The van der Waals surface area contributed by atoms with Crippen molar-refractivity contribution in [2.75, 3.05) is 60.7 Å². The quantitative estimate of drug-likeness (QED) is 0.763. The zero-order valence-corrected chi connectivity index (χ0v) is 14.3. The Hall–Kier alpha value is -1.34. The Labute approximate surface area is 138 Å². The molecule has 2 N–H and O–H groups in total. The van der Waals surface area contributed by atoms with E-state index in [9.17, 15) is 5.11 Å². The van der Waals surface area contributed by atoms with Crippen molar-refractivity contribution >= 4 is 0 Å². The van der Waals surface area contributed by atoms with Gasteiger partial charge in [-0.3, -0.25) is 0 Å². The molecule has 0 spiro atoms. The SMILES string of the molecule is COc1ccc(CCN(C)C[C@]2(O)CNCCOC2)cc1OC. The third-order valence-electron chi connectivity index (χ3n) is 4.04. The van der Waals surface area contributed by atoms with Crippen LogP contribution in [0.1, 0.15) is 5.56 Å². The third kappa shape index (κ3) is 5.35. The monoisotopic (exact) mass is 324 g/mol. The number of β-amino-alcohol motifs (C(OH)–C–C–N with tert-alkyl or cyclic N) is 1. The fourth-order valence-electron chi connectivity index (χ4n) is 2.82. The van der Waals surface area contributed by atoms with Crippen LogP contribution in [0.15, 0.2) is 18.2 Å². The normalized spacial score (nSPS) is 22.0. The molecular weight excluding hydrogens is 296 g/mol. The van der Waals surface area contributed by atoms with E-state index in [1.165, 1.54) is 5.56 Å². The number of ether oxygens (including phenoxy) is 3. The van der Waals surface area contributed by atoms with E-state index in [0.29, 0.717) is 26.3 Å². The molecule has 1 saturated heterocycles. The highest BCUT2D eigenvalue weighted by atomic mass is 16.5. The Morgan fingerprint density at radius 1 is 1.30 bits per heavy atom. The maximum atomic E-state index is 10.6. The molecule has 0 radical (unpaired) electrons. The molecule has 6 heteroatoms. The van der Waals surface area contributed by atoms with Crippen molar-refractivity contribution in [3.8, 4) is 11.5 Å². The minimum absolute atomic E-state index is 0.376.